The van der Waals surface area contributed by atoms with Crippen LogP contribution in [-0.4, -0.2) is 51.0 Å². The largest absolute Gasteiger partial charge is 0.382 e. The Kier molecular flexibility index (Phi) is 7.15. The van der Waals surface area contributed by atoms with Crippen molar-refractivity contribution in [2.45, 2.75) is 57.6 Å². The minimum absolute atomic E-state index is 0.447. The molecule has 2 aliphatic rings. The Morgan fingerprint density at radius 1 is 1.35 bits per heavy atom. The summed E-state index contributed by atoms with van der Waals surface area (Å²) in [4.78, 5) is 4.61. The maximum atomic E-state index is 5.64. The van der Waals surface area contributed by atoms with E-state index in [9.17, 15) is 0 Å². The number of rotatable bonds is 9. The zero-order chi connectivity index (χ0) is 14.0. The molecule has 0 amide bonds. The molecule has 1 heterocycles. The molecule has 20 heavy (non-hydrogen) atoms. The number of ether oxygens (including phenoxy) is 2. The number of nitrogens with one attached hydrogen (secondary N) is 2. The number of aliphatic imine (C=N–C) groups is 1. The van der Waals surface area contributed by atoms with E-state index in [0.29, 0.717) is 12.1 Å². The average molecular weight is 283 g/mol. The lowest BCUT2D eigenvalue weighted by molar-refractivity contribution is 0.105. The van der Waals surface area contributed by atoms with Crippen LogP contribution in [0.25, 0.3) is 0 Å². The van der Waals surface area contributed by atoms with Crippen molar-refractivity contribution in [1.29, 1.82) is 0 Å². The van der Waals surface area contributed by atoms with Gasteiger partial charge in [0.1, 0.15) is 0 Å². The van der Waals surface area contributed by atoms with Crippen LogP contribution in [0.1, 0.15) is 45.4 Å². The van der Waals surface area contributed by atoms with Gasteiger partial charge in [0.25, 0.3) is 0 Å². The second-order valence-corrected chi connectivity index (χ2v) is 5.55. The van der Waals surface area contributed by atoms with Gasteiger partial charge in [-0.2, -0.15) is 0 Å². The van der Waals surface area contributed by atoms with Crippen LogP contribution in [0, 0.1) is 0 Å². The lowest BCUT2D eigenvalue weighted by Gasteiger charge is -2.14. The lowest BCUT2D eigenvalue weighted by Crippen LogP contribution is -2.40. The van der Waals surface area contributed by atoms with Gasteiger partial charge in [-0.3, -0.25) is 4.99 Å². The number of guanidine groups is 1. The fourth-order valence-corrected chi connectivity index (χ4v) is 2.30. The monoisotopic (exact) mass is 283 g/mol. The summed E-state index contributed by atoms with van der Waals surface area (Å²) in [5.41, 5.74) is 0. The first-order chi connectivity index (χ1) is 9.88. The second-order valence-electron chi connectivity index (χ2n) is 5.55. The number of hydrogen-bond donors (Lipinski definition) is 2. The third-order valence-electron chi connectivity index (χ3n) is 3.62. The molecule has 1 saturated heterocycles. The van der Waals surface area contributed by atoms with E-state index in [1.165, 1.54) is 25.7 Å². The molecule has 1 saturated carbocycles. The third-order valence-corrected chi connectivity index (χ3v) is 3.62. The second kappa shape index (κ2) is 9.19. The van der Waals surface area contributed by atoms with Gasteiger partial charge < -0.3 is 20.1 Å². The summed E-state index contributed by atoms with van der Waals surface area (Å²) in [6.07, 6.45) is 7.46. The maximum absolute atomic E-state index is 5.64. The molecular formula is C15H29N3O2. The van der Waals surface area contributed by atoms with Gasteiger partial charge in [-0.05, 0) is 45.4 Å². The van der Waals surface area contributed by atoms with Crippen LogP contribution < -0.4 is 10.6 Å². The Labute approximate surface area is 122 Å². The van der Waals surface area contributed by atoms with Crippen molar-refractivity contribution in [3.8, 4) is 0 Å². The molecule has 1 aliphatic heterocycles. The highest BCUT2D eigenvalue weighted by molar-refractivity contribution is 5.80. The molecule has 2 fully saturated rings. The smallest absolute Gasteiger partial charge is 0.191 e. The normalized spacial score (nSPS) is 23.1. The van der Waals surface area contributed by atoms with Gasteiger partial charge in [-0.25, -0.2) is 0 Å². The van der Waals surface area contributed by atoms with E-state index in [2.05, 4.69) is 15.6 Å². The van der Waals surface area contributed by atoms with Crippen LogP contribution in [0.3, 0.4) is 0 Å². The van der Waals surface area contributed by atoms with E-state index in [4.69, 9.17) is 9.47 Å². The van der Waals surface area contributed by atoms with Crippen molar-refractivity contribution in [2.24, 2.45) is 4.99 Å². The molecule has 5 nitrogen and oxygen atoms in total. The Morgan fingerprint density at radius 3 is 2.95 bits per heavy atom. The van der Waals surface area contributed by atoms with Crippen molar-refractivity contribution < 1.29 is 9.47 Å². The molecular weight excluding hydrogens is 254 g/mol. The topological polar surface area (TPSA) is 54.9 Å². The fraction of sp³-hybridized carbons (Fsp3) is 0.933. The molecule has 1 unspecified atom stereocenters. The van der Waals surface area contributed by atoms with Gasteiger partial charge in [0.2, 0.25) is 0 Å². The average Bonchev–Trinajstić information content (AvgIpc) is 3.11. The fourth-order valence-electron chi connectivity index (χ4n) is 2.30. The number of hydrogen-bond acceptors (Lipinski definition) is 3. The molecule has 0 aromatic rings. The first-order valence-corrected chi connectivity index (χ1v) is 8.12. The van der Waals surface area contributed by atoms with Crippen LogP contribution in [0.2, 0.25) is 0 Å². The van der Waals surface area contributed by atoms with Crippen molar-refractivity contribution in [2.75, 3.05) is 32.9 Å². The van der Waals surface area contributed by atoms with E-state index >= 15 is 0 Å². The molecule has 2 rings (SSSR count). The molecule has 5 heteroatoms. The summed E-state index contributed by atoms with van der Waals surface area (Å²) in [5, 5.41) is 6.89. The van der Waals surface area contributed by atoms with Gasteiger partial charge in [0, 0.05) is 39.0 Å². The summed E-state index contributed by atoms with van der Waals surface area (Å²) in [6.45, 7) is 6.30. The Morgan fingerprint density at radius 2 is 2.25 bits per heavy atom. The van der Waals surface area contributed by atoms with Gasteiger partial charge >= 0.3 is 0 Å². The van der Waals surface area contributed by atoms with Crippen LogP contribution in [0.15, 0.2) is 4.99 Å². The zero-order valence-electron chi connectivity index (χ0n) is 12.7. The standard InChI is InChI=1S/C15H29N3O2/c1-2-19-11-4-9-16-15(18-13-6-7-13)17-10-8-14-5-3-12-20-14/h13-14H,2-12H2,1H3,(H2,16,17,18). The summed E-state index contributed by atoms with van der Waals surface area (Å²) in [7, 11) is 0. The summed E-state index contributed by atoms with van der Waals surface area (Å²) in [5.74, 6) is 0.960. The highest BCUT2D eigenvalue weighted by Crippen LogP contribution is 2.18. The van der Waals surface area contributed by atoms with Crippen LogP contribution in [-0.2, 0) is 9.47 Å². The Bertz CT molecular complexity index is 287. The van der Waals surface area contributed by atoms with E-state index in [0.717, 1.165) is 51.7 Å². The summed E-state index contributed by atoms with van der Waals surface area (Å²) >= 11 is 0. The molecule has 2 N–H and O–H groups in total. The quantitative estimate of drug-likeness (QED) is 0.384. The molecule has 1 atom stereocenters. The molecule has 1 aliphatic carbocycles. The highest BCUT2D eigenvalue weighted by Gasteiger charge is 2.22. The SMILES string of the molecule is CCOCCCN=C(NCCC1CCCO1)NC1CC1. The van der Waals surface area contributed by atoms with E-state index < -0.39 is 0 Å². The van der Waals surface area contributed by atoms with Crippen molar-refractivity contribution in [3.05, 3.63) is 0 Å². The van der Waals surface area contributed by atoms with E-state index in [1.807, 2.05) is 6.92 Å². The zero-order valence-corrected chi connectivity index (χ0v) is 12.7. The molecule has 116 valence electrons. The number of nitrogens with zero attached hydrogens (tertiary/aromatic N) is 1. The van der Waals surface area contributed by atoms with Crippen molar-refractivity contribution >= 4 is 5.96 Å². The first-order valence-electron chi connectivity index (χ1n) is 8.12. The highest BCUT2D eigenvalue weighted by atomic mass is 16.5. The van der Waals surface area contributed by atoms with Gasteiger partial charge in [0.05, 0.1) is 6.10 Å². The first kappa shape index (κ1) is 15.6. The minimum Gasteiger partial charge on any atom is -0.382 e. The van der Waals surface area contributed by atoms with Gasteiger partial charge in [0.15, 0.2) is 5.96 Å². The third kappa shape index (κ3) is 6.57. The maximum Gasteiger partial charge on any atom is 0.191 e. The minimum atomic E-state index is 0.447. The van der Waals surface area contributed by atoms with Crippen LogP contribution in [0.4, 0.5) is 0 Å². The van der Waals surface area contributed by atoms with Gasteiger partial charge in [-0.15, -0.1) is 0 Å². The van der Waals surface area contributed by atoms with Crippen molar-refractivity contribution in [1.82, 2.24) is 10.6 Å². The van der Waals surface area contributed by atoms with Gasteiger partial charge in [-0.1, -0.05) is 0 Å². The molecule has 0 radical (unpaired) electrons. The molecule has 0 aromatic heterocycles. The molecule has 0 aromatic carbocycles. The predicted molar refractivity (Wildman–Crippen MR) is 81.2 cm³/mol. The van der Waals surface area contributed by atoms with E-state index in [-0.39, 0.29) is 0 Å². The van der Waals surface area contributed by atoms with Crippen molar-refractivity contribution in [3.63, 3.8) is 0 Å². The molecule has 0 bridgehead atoms. The summed E-state index contributed by atoms with van der Waals surface area (Å²) < 4.78 is 11.0. The van der Waals surface area contributed by atoms with Crippen LogP contribution >= 0.6 is 0 Å². The lowest BCUT2D eigenvalue weighted by atomic mass is 10.2. The summed E-state index contributed by atoms with van der Waals surface area (Å²) in [6, 6.07) is 0.635. The van der Waals surface area contributed by atoms with E-state index in [1.54, 1.807) is 0 Å². The Hall–Kier alpha value is -0.810. The Balaban J connectivity index is 1.61. The van der Waals surface area contributed by atoms with Crippen LogP contribution in [0.5, 0.6) is 0 Å². The molecule has 0 spiro atoms. The predicted octanol–water partition coefficient (Wildman–Crippen LogP) is 1.68.